The van der Waals surface area contributed by atoms with E-state index in [0.29, 0.717) is 13.2 Å². The van der Waals surface area contributed by atoms with Crippen molar-refractivity contribution >= 4 is 11.8 Å². The molecule has 0 saturated carbocycles. The number of para-hydroxylation sites is 1. The molecule has 24 heavy (non-hydrogen) atoms. The number of carbonyl (C=O) groups excluding carboxylic acids is 1. The largest absolute Gasteiger partial charge is 0.453 e. The van der Waals surface area contributed by atoms with Crippen molar-refractivity contribution < 1.29 is 14.3 Å². The molecule has 5 heteroatoms. The minimum atomic E-state index is -0.416. The Morgan fingerprint density at radius 3 is 2.71 bits per heavy atom. The Morgan fingerprint density at radius 1 is 1.17 bits per heavy atom. The molecule has 0 fully saturated rings. The Balaban J connectivity index is 1.62. The van der Waals surface area contributed by atoms with Gasteiger partial charge in [-0.2, -0.15) is 0 Å². The van der Waals surface area contributed by atoms with Gasteiger partial charge >= 0.3 is 6.09 Å². The Hall–Kier alpha value is -2.53. The first-order valence-corrected chi connectivity index (χ1v) is 8.08. The van der Waals surface area contributed by atoms with Crippen molar-refractivity contribution in [3.05, 3.63) is 65.7 Å². The van der Waals surface area contributed by atoms with E-state index in [1.807, 2.05) is 54.6 Å². The molecule has 0 aromatic heterocycles. The summed E-state index contributed by atoms with van der Waals surface area (Å²) < 4.78 is 10.6. The highest BCUT2D eigenvalue weighted by atomic mass is 16.5. The van der Waals surface area contributed by atoms with Crippen LogP contribution in [0.1, 0.15) is 23.6 Å². The first-order valence-electron chi connectivity index (χ1n) is 8.08. The van der Waals surface area contributed by atoms with Crippen molar-refractivity contribution in [2.75, 3.05) is 19.0 Å². The Morgan fingerprint density at radius 2 is 1.92 bits per heavy atom. The molecule has 0 unspecified atom stereocenters. The van der Waals surface area contributed by atoms with Gasteiger partial charge in [-0.05, 0) is 23.6 Å². The van der Waals surface area contributed by atoms with Gasteiger partial charge in [-0.15, -0.1) is 0 Å². The molecule has 2 N–H and O–H groups in total. The van der Waals surface area contributed by atoms with Gasteiger partial charge in [-0.1, -0.05) is 48.5 Å². The van der Waals surface area contributed by atoms with E-state index in [9.17, 15) is 4.79 Å². The molecule has 5 nitrogen and oxygen atoms in total. The molecule has 2 aromatic rings. The van der Waals surface area contributed by atoms with Gasteiger partial charge in [0.2, 0.25) is 0 Å². The SMILES string of the molecule is COC(=O)N[C@@H]1C[C@H](COCc2ccccc2)Nc2ccccc21. The lowest BCUT2D eigenvalue weighted by atomic mass is 9.93. The molecular formula is C19H22N2O3. The summed E-state index contributed by atoms with van der Waals surface area (Å²) in [6.07, 6.45) is 0.335. The maximum absolute atomic E-state index is 11.6. The highest BCUT2D eigenvalue weighted by Gasteiger charge is 2.27. The smallest absolute Gasteiger partial charge is 0.407 e. The van der Waals surface area contributed by atoms with Crippen molar-refractivity contribution in [3.8, 4) is 0 Å². The van der Waals surface area contributed by atoms with E-state index >= 15 is 0 Å². The number of ether oxygens (including phenoxy) is 2. The van der Waals surface area contributed by atoms with Gasteiger partial charge in [-0.3, -0.25) is 0 Å². The van der Waals surface area contributed by atoms with Gasteiger partial charge in [0.15, 0.2) is 0 Å². The van der Waals surface area contributed by atoms with Crippen LogP contribution in [0, 0.1) is 0 Å². The summed E-state index contributed by atoms with van der Waals surface area (Å²) in [6.45, 7) is 1.15. The van der Waals surface area contributed by atoms with Crippen LogP contribution in [0.25, 0.3) is 0 Å². The van der Waals surface area contributed by atoms with Crippen molar-refractivity contribution in [2.45, 2.75) is 25.1 Å². The van der Waals surface area contributed by atoms with E-state index < -0.39 is 6.09 Å². The van der Waals surface area contributed by atoms with Crippen LogP contribution in [-0.4, -0.2) is 25.9 Å². The van der Waals surface area contributed by atoms with Gasteiger partial charge < -0.3 is 20.1 Å². The quantitative estimate of drug-likeness (QED) is 0.883. The molecule has 3 rings (SSSR count). The zero-order valence-electron chi connectivity index (χ0n) is 13.7. The van der Waals surface area contributed by atoms with Crippen LogP contribution in [0.3, 0.4) is 0 Å². The number of rotatable bonds is 5. The Labute approximate surface area is 142 Å². The van der Waals surface area contributed by atoms with Crippen LogP contribution < -0.4 is 10.6 Å². The number of anilines is 1. The number of methoxy groups -OCH3 is 1. The van der Waals surface area contributed by atoms with Crippen LogP contribution in [0.5, 0.6) is 0 Å². The van der Waals surface area contributed by atoms with Crippen molar-refractivity contribution in [1.29, 1.82) is 0 Å². The van der Waals surface area contributed by atoms with Crippen molar-refractivity contribution in [2.24, 2.45) is 0 Å². The molecule has 0 aliphatic carbocycles. The average molecular weight is 326 g/mol. The standard InChI is InChI=1S/C19H22N2O3/c1-23-19(22)21-18-11-15(20-17-10-6-5-9-16(17)18)13-24-12-14-7-3-2-4-8-14/h2-10,15,18,20H,11-13H2,1H3,(H,21,22)/t15-,18-/m1/s1. The highest BCUT2D eigenvalue weighted by Crippen LogP contribution is 2.32. The first kappa shape index (κ1) is 16.3. The fourth-order valence-corrected chi connectivity index (χ4v) is 2.96. The second kappa shape index (κ2) is 7.84. The predicted octanol–water partition coefficient (Wildman–Crippen LogP) is 3.48. The molecule has 1 aliphatic heterocycles. The topological polar surface area (TPSA) is 59.6 Å². The lowest BCUT2D eigenvalue weighted by molar-refractivity contribution is 0.105. The molecule has 126 valence electrons. The zero-order valence-corrected chi connectivity index (χ0v) is 13.7. The Kier molecular flexibility index (Phi) is 5.33. The third kappa shape index (κ3) is 4.06. The maximum atomic E-state index is 11.6. The number of carbonyl (C=O) groups is 1. The van der Waals surface area contributed by atoms with E-state index in [1.54, 1.807) is 0 Å². The lowest BCUT2D eigenvalue weighted by Crippen LogP contribution is -2.39. The van der Waals surface area contributed by atoms with Gasteiger partial charge in [0.05, 0.1) is 32.4 Å². The number of amides is 1. The lowest BCUT2D eigenvalue weighted by Gasteiger charge is -2.33. The summed E-state index contributed by atoms with van der Waals surface area (Å²) in [5, 5.41) is 6.39. The summed E-state index contributed by atoms with van der Waals surface area (Å²) >= 11 is 0. The van der Waals surface area contributed by atoms with E-state index in [1.165, 1.54) is 7.11 Å². The number of hydrogen-bond acceptors (Lipinski definition) is 4. The fourth-order valence-electron chi connectivity index (χ4n) is 2.96. The van der Waals surface area contributed by atoms with Crippen LogP contribution in [0.15, 0.2) is 54.6 Å². The summed E-state index contributed by atoms with van der Waals surface area (Å²) in [4.78, 5) is 11.6. The summed E-state index contributed by atoms with van der Waals surface area (Å²) in [5.74, 6) is 0. The predicted molar refractivity (Wildman–Crippen MR) is 92.8 cm³/mol. The van der Waals surface area contributed by atoms with Crippen LogP contribution >= 0.6 is 0 Å². The van der Waals surface area contributed by atoms with Crippen LogP contribution in [0.4, 0.5) is 10.5 Å². The fraction of sp³-hybridized carbons (Fsp3) is 0.316. The molecule has 2 atom stereocenters. The molecule has 0 spiro atoms. The van der Waals surface area contributed by atoms with Crippen molar-refractivity contribution in [3.63, 3.8) is 0 Å². The molecule has 0 radical (unpaired) electrons. The number of hydrogen-bond donors (Lipinski definition) is 2. The maximum Gasteiger partial charge on any atom is 0.407 e. The molecule has 1 amide bonds. The van der Waals surface area contributed by atoms with Crippen LogP contribution in [-0.2, 0) is 16.1 Å². The van der Waals surface area contributed by atoms with E-state index in [0.717, 1.165) is 23.2 Å². The van der Waals surface area contributed by atoms with E-state index in [-0.39, 0.29) is 12.1 Å². The van der Waals surface area contributed by atoms with Gasteiger partial charge in [-0.25, -0.2) is 4.79 Å². The molecule has 1 heterocycles. The zero-order chi connectivity index (χ0) is 16.8. The Bertz CT molecular complexity index is 675. The highest BCUT2D eigenvalue weighted by molar-refractivity contribution is 5.69. The van der Waals surface area contributed by atoms with Crippen LogP contribution in [0.2, 0.25) is 0 Å². The third-order valence-corrected chi connectivity index (χ3v) is 4.12. The monoisotopic (exact) mass is 326 g/mol. The minimum Gasteiger partial charge on any atom is -0.453 e. The number of nitrogens with one attached hydrogen (secondary N) is 2. The van der Waals surface area contributed by atoms with E-state index in [4.69, 9.17) is 9.47 Å². The summed E-state index contributed by atoms with van der Waals surface area (Å²) in [5.41, 5.74) is 3.25. The van der Waals surface area contributed by atoms with Gasteiger partial charge in [0.25, 0.3) is 0 Å². The second-order valence-corrected chi connectivity index (χ2v) is 5.85. The third-order valence-electron chi connectivity index (χ3n) is 4.12. The van der Waals surface area contributed by atoms with E-state index in [2.05, 4.69) is 10.6 Å². The molecule has 0 bridgehead atoms. The van der Waals surface area contributed by atoms with Crippen molar-refractivity contribution in [1.82, 2.24) is 5.32 Å². The van der Waals surface area contributed by atoms with Gasteiger partial charge in [0, 0.05) is 5.69 Å². The van der Waals surface area contributed by atoms with Gasteiger partial charge in [0.1, 0.15) is 0 Å². The summed E-state index contributed by atoms with van der Waals surface area (Å²) in [7, 11) is 1.38. The normalized spacial score (nSPS) is 19.0. The average Bonchev–Trinajstić information content (AvgIpc) is 2.62. The number of alkyl carbamates (subject to hydrolysis) is 1. The summed E-state index contributed by atoms with van der Waals surface area (Å²) in [6, 6.07) is 18.1. The number of benzene rings is 2. The molecule has 2 aromatic carbocycles. The molecule has 0 saturated heterocycles. The first-order chi connectivity index (χ1) is 11.8. The second-order valence-electron chi connectivity index (χ2n) is 5.85. The molecular weight excluding hydrogens is 304 g/mol. The molecule has 1 aliphatic rings. The number of fused-ring (bicyclic) bond motifs is 1. The minimum absolute atomic E-state index is 0.0831.